The first-order chi connectivity index (χ1) is 9.81. The maximum absolute atomic E-state index is 8.61. The molecule has 2 rings (SSSR count). The van der Waals surface area contributed by atoms with E-state index in [4.69, 9.17) is 9.84 Å². The Morgan fingerprint density at radius 3 is 3.05 bits per heavy atom. The van der Waals surface area contributed by atoms with Crippen molar-refractivity contribution >= 4 is 0 Å². The van der Waals surface area contributed by atoms with Gasteiger partial charge < -0.3 is 15.2 Å². The molecule has 1 aromatic heterocycles. The number of aliphatic hydroxyl groups excluding tert-OH is 1. The minimum absolute atomic E-state index is 0.0591. The second-order valence-corrected chi connectivity index (χ2v) is 4.36. The van der Waals surface area contributed by atoms with E-state index in [0.717, 1.165) is 17.8 Å². The fourth-order valence-electron chi connectivity index (χ4n) is 1.85. The zero-order chi connectivity index (χ0) is 14.2. The van der Waals surface area contributed by atoms with Crippen molar-refractivity contribution in [3.8, 4) is 5.69 Å². The van der Waals surface area contributed by atoms with Crippen molar-refractivity contribution in [1.29, 1.82) is 0 Å². The van der Waals surface area contributed by atoms with E-state index < -0.39 is 0 Å². The van der Waals surface area contributed by atoms with Crippen LogP contribution in [0.4, 0.5) is 0 Å². The Kier molecular flexibility index (Phi) is 5.60. The second kappa shape index (κ2) is 7.68. The smallest absolute Gasteiger partial charge is 0.143 e. The van der Waals surface area contributed by atoms with Gasteiger partial charge in [0.1, 0.15) is 6.33 Å². The van der Waals surface area contributed by atoms with Crippen molar-refractivity contribution in [3.05, 3.63) is 36.2 Å². The van der Waals surface area contributed by atoms with E-state index in [1.807, 2.05) is 18.2 Å². The maximum atomic E-state index is 8.61. The summed E-state index contributed by atoms with van der Waals surface area (Å²) in [7, 11) is 0. The minimum Gasteiger partial charge on any atom is -0.394 e. The van der Waals surface area contributed by atoms with Gasteiger partial charge in [0.15, 0.2) is 0 Å². The lowest BCUT2D eigenvalue weighted by atomic mass is 10.1. The lowest BCUT2D eigenvalue weighted by Gasteiger charge is -2.15. The lowest BCUT2D eigenvalue weighted by Crippen LogP contribution is -2.23. The predicted octanol–water partition coefficient (Wildman–Crippen LogP) is 0.322. The Bertz CT molecular complexity index is 503. The van der Waals surface area contributed by atoms with Gasteiger partial charge >= 0.3 is 0 Å². The highest BCUT2D eigenvalue weighted by molar-refractivity contribution is 5.35. The third-order valence-corrected chi connectivity index (χ3v) is 2.92. The van der Waals surface area contributed by atoms with Gasteiger partial charge in [-0.25, -0.2) is 4.68 Å². The number of ether oxygens (including phenoxy) is 1. The average Bonchev–Trinajstić information content (AvgIpc) is 3.01. The molecule has 0 aliphatic heterocycles. The maximum Gasteiger partial charge on any atom is 0.143 e. The fourth-order valence-corrected chi connectivity index (χ4v) is 1.85. The monoisotopic (exact) mass is 277 g/mol. The minimum atomic E-state index is 0.0591. The predicted molar refractivity (Wildman–Crippen MR) is 73.5 cm³/mol. The van der Waals surface area contributed by atoms with Crippen molar-refractivity contribution in [1.82, 2.24) is 25.5 Å². The summed E-state index contributed by atoms with van der Waals surface area (Å²) >= 11 is 0. The highest BCUT2D eigenvalue weighted by atomic mass is 16.5. The molecule has 108 valence electrons. The number of aromatic nitrogens is 4. The van der Waals surface area contributed by atoms with Gasteiger partial charge in [-0.15, -0.1) is 5.10 Å². The summed E-state index contributed by atoms with van der Waals surface area (Å²) in [6.45, 7) is 3.84. The fraction of sp³-hybridized carbons (Fsp3) is 0.462. The van der Waals surface area contributed by atoms with Crippen LogP contribution >= 0.6 is 0 Å². The van der Waals surface area contributed by atoms with Crippen LogP contribution < -0.4 is 5.32 Å². The SMILES string of the molecule is CC(NCCOCCO)c1cccc(-n2cnnn2)c1. The van der Waals surface area contributed by atoms with Crippen LogP contribution in [-0.4, -0.2) is 51.7 Å². The molecule has 20 heavy (non-hydrogen) atoms. The molecule has 0 amide bonds. The summed E-state index contributed by atoms with van der Waals surface area (Å²) in [6.07, 6.45) is 1.57. The van der Waals surface area contributed by atoms with Crippen LogP contribution in [0.2, 0.25) is 0 Å². The standard InChI is InChI=1S/C13H19N5O2/c1-11(14-5-7-20-8-6-19)12-3-2-4-13(9-12)18-10-15-16-17-18/h2-4,9-11,14,19H,5-8H2,1H3. The van der Waals surface area contributed by atoms with Gasteiger partial charge in [0.05, 0.1) is 25.5 Å². The van der Waals surface area contributed by atoms with Gasteiger partial charge in [0.2, 0.25) is 0 Å². The first-order valence-corrected chi connectivity index (χ1v) is 6.56. The van der Waals surface area contributed by atoms with E-state index in [1.165, 1.54) is 0 Å². The number of tetrazole rings is 1. The third-order valence-electron chi connectivity index (χ3n) is 2.92. The number of nitrogens with zero attached hydrogens (tertiary/aromatic N) is 4. The summed E-state index contributed by atoms with van der Waals surface area (Å²) in [5.41, 5.74) is 2.08. The van der Waals surface area contributed by atoms with E-state index in [1.54, 1.807) is 11.0 Å². The molecule has 1 atom stereocenters. The Morgan fingerprint density at radius 1 is 1.40 bits per heavy atom. The van der Waals surface area contributed by atoms with Crippen molar-refractivity contribution in [2.24, 2.45) is 0 Å². The third kappa shape index (κ3) is 4.09. The van der Waals surface area contributed by atoms with Gasteiger partial charge in [-0.1, -0.05) is 12.1 Å². The van der Waals surface area contributed by atoms with Crippen LogP contribution in [0, 0.1) is 0 Å². The quantitative estimate of drug-likeness (QED) is 0.676. The van der Waals surface area contributed by atoms with Gasteiger partial charge in [-0.2, -0.15) is 0 Å². The molecule has 7 heteroatoms. The number of rotatable bonds is 8. The molecule has 0 fully saturated rings. The molecule has 2 N–H and O–H groups in total. The molecule has 0 aliphatic rings. The molecule has 0 saturated heterocycles. The molecular formula is C13H19N5O2. The molecule has 0 radical (unpaired) electrons. The summed E-state index contributed by atoms with van der Waals surface area (Å²) in [5.74, 6) is 0. The van der Waals surface area contributed by atoms with E-state index in [9.17, 15) is 0 Å². The van der Waals surface area contributed by atoms with E-state index in [-0.39, 0.29) is 12.6 Å². The van der Waals surface area contributed by atoms with E-state index in [2.05, 4.69) is 33.8 Å². The largest absolute Gasteiger partial charge is 0.394 e. The highest BCUT2D eigenvalue weighted by Crippen LogP contribution is 2.15. The topological polar surface area (TPSA) is 85.1 Å². The van der Waals surface area contributed by atoms with Gasteiger partial charge in [-0.05, 0) is 35.0 Å². The van der Waals surface area contributed by atoms with Crippen molar-refractivity contribution in [3.63, 3.8) is 0 Å². The Hall–Kier alpha value is -1.83. The molecule has 0 aliphatic carbocycles. The molecule has 0 saturated carbocycles. The zero-order valence-corrected chi connectivity index (χ0v) is 11.4. The van der Waals surface area contributed by atoms with E-state index in [0.29, 0.717) is 13.2 Å². The Labute approximate surface area is 117 Å². The highest BCUT2D eigenvalue weighted by Gasteiger charge is 2.06. The zero-order valence-electron chi connectivity index (χ0n) is 11.4. The Balaban J connectivity index is 1.90. The van der Waals surface area contributed by atoms with Crippen molar-refractivity contribution in [2.45, 2.75) is 13.0 Å². The molecule has 0 bridgehead atoms. The number of benzene rings is 1. The lowest BCUT2D eigenvalue weighted by molar-refractivity contribution is 0.0928. The first kappa shape index (κ1) is 14.6. The van der Waals surface area contributed by atoms with Crippen molar-refractivity contribution in [2.75, 3.05) is 26.4 Å². The molecular weight excluding hydrogens is 258 g/mol. The normalized spacial score (nSPS) is 12.5. The summed E-state index contributed by atoms with van der Waals surface area (Å²) in [6, 6.07) is 8.23. The average molecular weight is 277 g/mol. The van der Waals surface area contributed by atoms with Gasteiger partial charge in [0.25, 0.3) is 0 Å². The van der Waals surface area contributed by atoms with Crippen LogP contribution in [-0.2, 0) is 4.74 Å². The molecule has 1 unspecified atom stereocenters. The van der Waals surface area contributed by atoms with Crippen LogP contribution in [0.5, 0.6) is 0 Å². The van der Waals surface area contributed by atoms with Crippen LogP contribution in [0.25, 0.3) is 5.69 Å². The number of nitrogens with one attached hydrogen (secondary N) is 1. The van der Waals surface area contributed by atoms with Crippen LogP contribution in [0.3, 0.4) is 0 Å². The molecule has 0 spiro atoms. The van der Waals surface area contributed by atoms with Crippen molar-refractivity contribution < 1.29 is 9.84 Å². The van der Waals surface area contributed by atoms with Gasteiger partial charge in [-0.3, -0.25) is 0 Å². The molecule has 1 aromatic carbocycles. The second-order valence-electron chi connectivity index (χ2n) is 4.36. The Morgan fingerprint density at radius 2 is 2.30 bits per heavy atom. The molecule has 1 heterocycles. The van der Waals surface area contributed by atoms with Crippen LogP contribution in [0.15, 0.2) is 30.6 Å². The number of hydrogen-bond donors (Lipinski definition) is 2. The van der Waals surface area contributed by atoms with Crippen LogP contribution in [0.1, 0.15) is 18.5 Å². The molecule has 2 aromatic rings. The summed E-state index contributed by atoms with van der Waals surface area (Å²) < 4.78 is 6.83. The number of aliphatic hydroxyl groups is 1. The van der Waals surface area contributed by atoms with Gasteiger partial charge in [0, 0.05) is 12.6 Å². The summed E-state index contributed by atoms with van der Waals surface area (Å²) in [4.78, 5) is 0. The summed E-state index contributed by atoms with van der Waals surface area (Å²) in [5, 5.41) is 23.1. The first-order valence-electron chi connectivity index (χ1n) is 6.56. The molecule has 7 nitrogen and oxygen atoms in total. The van der Waals surface area contributed by atoms with E-state index >= 15 is 0 Å². The number of hydrogen-bond acceptors (Lipinski definition) is 6.